The van der Waals surface area contributed by atoms with Crippen molar-refractivity contribution < 1.29 is 14.6 Å². The topological polar surface area (TPSA) is 49.8 Å². The second-order valence-electron chi connectivity index (χ2n) is 6.15. The number of para-hydroxylation sites is 2. The minimum Gasteiger partial charge on any atom is -0.508 e. The lowest BCUT2D eigenvalue weighted by atomic mass is 10.1. The van der Waals surface area contributed by atoms with Crippen LogP contribution >= 0.6 is 11.6 Å². The number of anilines is 1. The van der Waals surface area contributed by atoms with Crippen molar-refractivity contribution in [3.05, 3.63) is 59.1 Å². The highest BCUT2D eigenvalue weighted by Crippen LogP contribution is 2.30. The van der Waals surface area contributed by atoms with Crippen molar-refractivity contribution in [2.75, 3.05) is 4.90 Å². The third-order valence-electron chi connectivity index (χ3n) is 3.08. The summed E-state index contributed by atoms with van der Waals surface area (Å²) in [6.45, 7) is 5.56. The van der Waals surface area contributed by atoms with Gasteiger partial charge in [-0.15, -0.1) is 0 Å². The second-order valence-corrected chi connectivity index (χ2v) is 6.55. The maximum Gasteiger partial charge on any atom is 0.415 e. The Morgan fingerprint density at radius 1 is 1.13 bits per heavy atom. The Balaban J connectivity index is 2.38. The van der Waals surface area contributed by atoms with Crippen molar-refractivity contribution in [1.82, 2.24) is 0 Å². The monoisotopic (exact) mass is 333 g/mol. The van der Waals surface area contributed by atoms with Crippen LogP contribution in [0.15, 0.2) is 48.5 Å². The molecule has 0 radical (unpaired) electrons. The van der Waals surface area contributed by atoms with Crippen LogP contribution in [0, 0.1) is 0 Å². The zero-order valence-electron chi connectivity index (χ0n) is 13.4. The first-order valence-electron chi connectivity index (χ1n) is 7.30. The number of phenolic OH excluding ortho intramolecular Hbond substituents is 1. The molecule has 2 aromatic rings. The summed E-state index contributed by atoms with van der Waals surface area (Å²) in [5.41, 5.74) is 0.514. The molecule has 0 bridgehead atoms. The molecule has 0 aliphatic carbocycles. The number of hydrogen-bond donors (Lipinski definition) is 1. The third-order valence-corrected chi connectivity index (χ3v) is 3.40. The lowest BCUT2D eigenvalue weighted by Crippen LogP contribution is -2.36. The molecule has 0 fully saturated rings. The largest absolute Gasteiger partial charge is 0.508 e. The number of hydrogen-bond acceptors (Lipinski definition) is 3. The molecule has 1 amide bonds. The van der Waals surface area contributed by atoms with Gasteiger partial charge in [-0.1, -0.05) is 41.9 Å². The molecular weight excluding hydrogens is 314 g/mol. The van der Waals surface area contributed by atoms with Gasteiger partial charge < -0.3 is 9.84 Å². The Morgan fingerprint density at radius 2 is 1.74 bits per heavy atom. The predicted octanol–water partition coefficient (Wildman–Crippen LogP) is 4.99. The van der Waals surface area contributed by atoms with Gasteiger partial charge in [0, 0.05) is 5.56 Å². The average molecular weight is 334 g/mol. The number of halogens is 1. The zero-order valence-corrected chi connectivity index (χ0v) is 14.2. The van der Waals surface area contributed by atoms with Crippen molar-refractivity contribution in [2.24, 2.45) is 0 Å². The van der Waals surface area contributed by atoms with Gasteiger partial charge in [-0.05, 0) is 39.0 Å². The molecule has 5 heteroatoms. The fourth-order valence-corrected chi connectivity index (χ4v) is 2.29. The van der Waals surface area contributed by atoms with Crippen LogP contribution in [0.2, 0.25) is 5.02 Å². The van der Waals surface area contributed by atoms with E-state index in [9.17, 15) is 9.90 Å². The van der Waals surface area contributed by atoms with E-state index in [1.54, 1.807) is 69.3 Å². The van der Waals surface area contributed by atoms with Gasteiger partial charge in [-0.3, -0.25) is 4.90 Å². The van der Waals surface area contributed by atoms with Crippen molar-refractivity contribution in [3.63, 3.8) is 0 Å². The predicted molar refractivity (Wildman–Crippen MR) is 92.0 cm³/mol. The first-order chi connectivity index (χ1) is 10.8. The summed E-state index contributed by atoms with van der Waals surface area (Å²) in [5, 5.41) is 10.4. The van der Waals surface area contributed by atoms with Gasteiger partial charge in [0.25, 0.3) is 0 Å². The molecule has 23 heavy (non-hydrogen) atoms. The molecule has 2 aromatic carbocycles. The summed E-state index contributed by atoms with van der Waals surface area (Å²) >= 11 is 6.23. The molecule has 0 atom stereocenters. The van der Waals surface area contributed by atoms with Crippen molar-refractivity contribution in [1.29, 1.82) is 0 Å². The number of phenols is 1. The quantitative estimate of drug-likeness (QED) is 0.861. The van der Waals surface area contributed by atoms with E-state index in [-0.39, 0.29) is 12.3 Å². The number of rotatable bonds is 3. The van der Waals surface area contributed by atoms with E-state index in [0.29, 0.717) is 16.3 Å². The van der Waals surface area contributed by atoms with Crippen LogP contribution in [0.1, 0.15) is 26.3 Å². The van der Waals surface area contributed by atoms with Crippen molar-refractivity contribution >= 4 is 23.4 Å². The summed E-state index contributed by atoms with van der Waals surface area (Å²) in [7, 11) is 0. The van der Waals surface area contributed by atoms with E-state index in [1.165, 1.54) is 4.90 Å². The molecule has 1 N–H and O–H groups in total. The van der Waals surface area contributed by atoms with E-state index < -0.39 is 11.7 Å². The van der Waals surface area contributed by atoms with Crippen LogP contribution in [0.25, 0.3) is 0 Å². The molecule has 0 saturated carbocycles. The number of aromatic hydroxyl groups is 1. The van der Waals surface area contributed by atoms with Gasteiger partial charge in [0.15, 0.2) is 0 Å². The third kappa shape index (κ3) is 4.63. The van der Waals surface area contributed by atoms with E-state index in [0.717, 1.165) is 0 Å². The smallest absolute Gasteiger partial charge is 0.415 e. The normalized spacial score (nSPS) is 11.1. The molecule has 4 nitrogen and oxygen atoms in total. The standard InChI is InChI=1S/C18H20ClNO3/c1-18(2,3)23-17(22)20(15-10-6-5-9-14(15)19)12-13-8-4-7-11-16(13)21/h4-11,21H,12H2,1-3H3. The van der Waals surface area contributed by atoms with Crippen LogP contribution < -0.4 is 4.90 Å². The summed E-state index contributed by atoms with van der Waals surface area (Å²) in [4.78, 5) is 14.0. The van der Waals surface area contributed by atoms with E-state index in [1.807, 2.05) is 0 Å². The van der Waals surface area contributed by atoms with Crippen LogP contribution in [0.4, 0.5) is 10.5 Å². The molecule has 0 saturated heterocycles. The van der Waals surface area contributed by atoms with Gasteiger partial charge in [-0.2, -0.15) is 0 Å². The van der Waals surface area contributed by atoms with Crippen LogP contribution in [-0.2, 0) is 11.3 Å². The van der Waals surface area contributed by atoms with E-state index in [2.05, 4.69) is 0 Å². The molecule has 0 spiro atoms. The highest BCUT2D eigenvalue weighted by Gasteiger charge is 2.25. The van der Waals surface area contributed by atoms with E-state index in [4.69, 9.17) is 16.3 Å². The number of carbonyl (C=O) groups is 1. The fraction of sp³-hybridized carbons (Fsp3) is 0.278. The summed E-state index contributed by atoms with van der Waals surface area (Å²) in [6, 6.07) is 13.9. The van der Waals surface area contributed by atoms with Crippen LogP contribution in [0.3, 0.4) is 0 Å². The Hall–Kier alpha value is -2.20. The zero-order chi connectivity index (χ0) is 17.0. The molecule has 0 aliphatic heterocycles. The first kappa shape index (κ1) is 17.2. The summed E-state index contributed by atoms with van der Waals surface area (Å²) < 4.78 is 5.47. The number of benzene rings is 2. The van der Waals surface area contributed by atoms with Crippen molar-refractivity contribution in [2.45, 2.75) is 32.9 Å². The molecule has 0 aromatic heterocycles. The number of carbonyl (C=O) groups excluding carboxylic acids is 1. The summed E-state index contributed by atoms with van der Waals surface area (Å²) in [5.74, 6) is 0.119. The fourth-order valence-electron chi connectivity index (χ4n) is 2.05. The molecule has 0 heterocycles. The second kappa shape index (κ2) is 6.92. The SMILES string of the molecule is CC(C)(C)OC(=O)N(Cc1ccccc1O)c1ccccc1Cl. The lowest BCUT2D eigenvalue weighted by Gasteiger charge is -2.28. The van der Waals surface area contributed by atoms with Gasteiger partial charge in [0.05, 0.1) is 17.3 Å². The minimum absolute atomic E-state index is 0.119. The molecule has 0 aliphatic rings. The highest BCUT2D eigenvalue weighted by molar-refractivity contribution is 6.33. The highest BCUT2D eigenvalue weighted by atomic mass is 35.5. The minimum atomic E-state index is -0.630. The summed E-state index contributed by atoms with van der Waals surface area (Å²) in [6.07, 6.45) is -0.520. The van der Waals surface area contributed by atoms with Crippen LogP contribution in [0.5, 0.6) is 5.75 Å². The Morgan fingerprint density at radius 3 is 2.35 bits per heavy atom. The number of ether oxygens (including phenoxy) is 1. The van der Waals surface area contributed by atoms with Gasteiger partial charge >= 0.3 is 6.09 Å². The Kier molecular flexibility index (Phi) is 5.16. The molecule has 2 rings (SSSR count). The lowest BCUT2D eigenvalue weighted by molar-refractivity contribution is 0.0577. The maximum absolute atomic E-state index is 12.6. The molecule has 122 valence electrons. The van der Waals surface area contributed by atoms with Gasteiger partial charge in [0.1, 0.15) is 11.4 Å². The van der Waals surface area contributed by atoms with Crippen molar-refractivity contribution in [3.8, 4) is 5.75 Å². The average Bonchev–Trinajstić information content (AvgIpc) is 2.45. The number of amides is 1. The molecule has 0 unspecified atom stereocenters. The van der Waals surface area contributed by atoms with E-state index >= 15 is 0 Å². The Bertz CT molecular complexity index is 695. The first-order valence-corrected chi connectivity index (χ1v) is 7.67. The Labute approximate surface area is 141 Å². The maximum atomic E-state index is 12.6. The number of nitrogens with zero attached hydrogens (tertiary/aromatic N) is 1. The molecular formula is C18H20ClNO3. The van der Waals surface area contributed by atoms with Gasteiger partial charge in [0.2, 0.25) is 0 Å². The van der Waals surface area contributed by atoms with Crippen LogP contribution in [-0.4, -0.2) is 16.8 Å². The van der Waals surface area contributed by atoms with Gasteiger partial charge in [-0.25, -0.2) is 4.79 Å².